The molecule has 130 valence electrons. The molecule has 4 heteroatoms. The molecule has 3 rings (SSSR count). The van der Waals surface area contributed by atoms with E-state index in [2.05, 4.69) is 29.2 Å². The van der Waals surface area contributed by atoms with E-state index in [0.29, 0.717) is 0 Å². The summed E-state index contributed by atoms with van der Waals surface area (Å²) in [7, 11) is 0. The van der Waals surface area contributed by atoms with Gasteiger partial charge in [-0.05, 0) is 30.7 Å². The monoisotopic (exact) mass is 336 g/mol. The number of piperazine rings is 1. The van der Waals surface area contributed by atoms with Crippen molar-refractivity contribution < 1.29 is 9.21 Å². The number of amides is 1. The summed E-state index contributed by atoms with van der Waals surface area (Å²) in [6.45, 7) is 6.14. The van der Waals surface area contributed by atoms with Crippen LogP contribution in [0.4, 0.5) is 0 Å². The van der Waals surface area contributed by atoms with Crippen LogP contribution in [0.5, 0.6) is 0 Å². The zero-order chi connectivity index (χ0) is 17.5. The average molecular weight is 336 g/mol. The van der Waals surface area contributed by atoms with Crippen molar-refractivity contribution in [2.75, 3.05) is 32.7 Å². The second-order valence-electron chi connectivity index (χ2n) is 6.22. The fourth-order valence-electron chi connectivity index (χ4n) is 2.85. The third kappa shape index (κ3) is 5.19. The zero-order valence-electron chi connectivity index (χ0n) is 14.6. The smallest absolute Gasteiger partial charge is 0.246 e. The molecule has 1 fully saturated rings. The first-order chi connectivity index (χ1) is 12.2. The predicted octanol–water partition coefficient (Wildman–Crippen LogP) is 3.46. The summed E-state index contributed by atoms with van der Waals surface area (Å²) in [6, 6.07) is 14.1. The minimum atomic E-state index is 0.0496. The number of carbonyl (C=O) groups excluding carboxylic acids is 1. The molecule has 1 saturated heterocycles. The van der Waals surface area contributed by atoms with Gasteiger partial charge < -0.3 is 9.32 Å². The van der Waals surface area contributed by atoms with E-state index in [9.17, 15) is 4.79 Å². The first kappa shape index (κ1) is 17.2. The number of carbonyl (C=O) groups is 1. The van der Waals surface area contributed by atoms with E-state index in [1.807, 2.05) is 42.2 Å². The lowest BCUT2D eigenvalue weighted by molar-refractivity contribution is -0.127. The summed E-state index contributed by atoms with van der Waals surface area (Å²) in [4.78, 5) is 16.5. The summed E-state index contributed by atoms with van der Waals surface area (Å²) in [6.07, 6.45) is 7.67. The summed E-state index contributed by atoms with van der Waals surface area (Å²) in [5.74, 6) is 1.62. The normalized spacial score (nSPS) is 16.1. The SMILES string of the molecule is Cc1ccc(/C=C/C(=O)N2CCN(C/C=C\c3ccccc3)CC2)o1. The molecule has 2 aromatic rings. The standard InChI is InChI=1S/C21H24N2O2/c1-18-9-10-20(25-18)11-12-21(24)23-16-14-22(15-17-23)13-5-8-19-6-3-2-4-7-19/h2-12H,13-17H2,1H3/b8-5-,12-11+. The van der Waals surface area contributed by atoms with Gasteiger partial charge in [-0.1, -0.05) is 42.5 Å². The molecule has 1 aromatic heterocycles. The van der Waals surface area contributed by atoms with Gasteiger partial charge in [-0.25, -0.2) is 0 Å². The van der Waals surface area contributed by atoms with Crippen molar-refractivity contribution in [2.24, 2.45) is 0 Å². The molecule has 0 atom stereocenters. The van der Waals surface area contributed by atoms with Gasteiger partial charge >= 0.3 is 0 Å². The maximum absolute atomic E-state index is 12.2. The number of aryl methyl sites for hydroxylation is 1. The first-order valence-electron chi connectivity index (χ1n) is 8.68. The summed E-state index contributed by atoms with van der Waals surface area (Å²) in [5.41, 5.74) is 1.22. The Morgan fingerprint density at radius 3 is 2.48 bits per heavy atom. The largest absolute Gasteiger partial charge is 0.462 e. The van der Waals surface area contributed by atoms with E-state index < -0.39 is 0 Å². The third-order valence-electron chi connectivity index (χ3n) is 4.31. The van der Waals surface area contributed by atoms with E-state index in [4.69, 9.17) is 4.42 Å². The molecule has 4 nitrogen and oxygen atoms in total. The topological polar surface area (TPSA) is 36.7 Å². The van der Waals surface area contributed by atoms with Gasteiger partial charge in [0, 0.05) is 38.8 Å². The lowest BCUT2D eigenvalue weighted by atomic mass is 10.2. The lowest BCUT2D eigenvalue weighted by Crippen LogP contribution is -2.48. The maximum Gasteiger partial charge on any atom is 0.246 e. The maximum atomic E-state index is 12.2. The molecule has 1 amide bonds. The molecule has 0 spiro atoms. The third-order valence-corrected chi connectivity index (χ3v) is 4.31. The Bertz CT molecular complexity index is 738. The molecular formula is C21H24N2O2. The molecule has 0 unspecified atom stereocenters. The molecule has 0 radical (unpaired) electrons. The molecule has 0 N–H and O–H groups in total. The van der Waals surface area contributed by atoms with Crippen molar-refractivity contribution in [3.05, 3.63) is 71.7 Å². The van der Waals surface area contributed by atoms with Crippen LogP contribution in [0.25, 0.3) is 12.2 Å². The van der Waals surface area contributed by atoms with Gasteiger partial charge in [0.2, 0.25) is 5.91 Å². The van der Waals surface area contributed by atoms with Crippen molar-refractivity contribution in [3.63, 3.8) is 0 Å². The summed E-state index contributed by atoms with van der Waals surface area (Å²) in [5, 5.41) is 0. The second-order valence-corrected chi connectivity index (χ2v) is 6.22. The molecule has 1 aliphatic heterocycles. The van der Waals surface area contributed by atoms with Crippen LogP contribution < -0.4 is 0 Å². The molecule has 0 saturated carbocycles. The van der Waals surface area contributed by atoms with Crippen LogP contribution in [-0.4, -0.2) is 48.4 Å². The van der Waals surface area contributed by atoms with Gasteiger partial charge in [0.15, 0.2) is 0 Å². The molecule has 0 aliphatic carbocycles. The zero-order valence-corrected chi connectivity index (χ0v) is 14.6. The van der Waals surface area contributed by atoms with Crippen molar-refractivity contribution in [2.45, 2.75) is 6.92 Å². The number of nitrogens with zero attached hydrogens (tertiary/aromatic N) is 2. The Hall–Kier alpha value is -2.59. The van der Waals surface area contributed by atoms with Gasteiger partial charge in [-0.2, -0.15) is 0 Å². The fourth-order valence-corrected chi connectivity index (χ4v) is 2.85. The Balaban J connectivity index is 1.43. The van der Waals surface area contributed by atoms with Gasteiger partial charge in [0.05, 0.1) is 0 Å². The number of rotatable bonds is 5. The summed E-state index contributed by atoms with van der Waals surface area (Å²) < 4.78 is 5.45. The number of hydrogen-bond donors (Lipinski definition) is 0. The van der Waals surface area contributed by atoms with Gasteiger partial charge in [-0.3, -0.25) is 9.69 Å². The van der Waals surface area contributed by atoms with Crippen LogP contribution in [0.15, 0.2) is 59.0 Å². The quantitative estimate of drug-likeness (QED) is 0.785. The Labute approximate surface area is 149 Å². The molecular weight excluding hydrogens is 312 g/mol. The first-order valence-corrected chi connectivity index (χ1v) is 8.68. The van der Waals surface area contributed by atoms with E-state index >= 15 is 0 Å². The highest BCUT2D eigenvalue weighted by molar-refractivity contribution is 5.91. The van der Waals surface area contributed by atoms with Crippen molar-refractivity contribution in [1.82, 2.24) is 9.80 Å². The van der Waals surface area contributed by atoms with E-state index in [1.165, 1.54) is 5.56 Å². The molecule has 25 heavy (non-hydrogen) atoms. The Morgan fingerprint density at radius 2 is 1.80 bits per heavy atom. The number of benzene rings is 1. The van der Waals surface area contributed by atoms with Crippen LogP contribution >= 0.6 is 0 Å². The highest BCUT2D eigenvalue weighted by atomic mass is 16.3. The minimum Gasteiger partial charge on any atom is -0.462 e. The van der Waals surface area contributed by atoms with Gasteiger partial charge in [0.25, 0.3) is 0 Å². The van der Waals surface area contributed by atoms with Crippen molar-refractivity contribution in [1.29, 1.82) is 0 Å². The highest BCUT2D eigenvalue weighted by Gasteiger charge is 2.18. The predicted molar refractivity (Wildman–Crippen MR) is 101 cm³/mol. The minimum absolute atomic E-state index is 0.0496. The molecule has 2 heterocycles. The van der Waals surface area contributed by atoms with E-state index in [1.54, 1.807) is 12.2 Å². The fraction of sp³-hybridized carbons (Fsp3) is 0.286. The highest BCUT2D eigenvalue weighted by Crippen LogP contribution is 2.09. The molecule has 0 bridgehead atoms. The van der Waals surface area contributed by atoms with E-state index in [-0.39, 0.29) is 5.91 Å². The number of hydrogen-bond acceptors (Lipinski definition) is 3. The van der Waals surface area contributed by atoms with Crippen LogP contribution in [0.1, 0.15) is 17.1 Å². The average Bonchev–Trinajstić information content (AvgIpc) is 3.06. The summed E-state index contributed by atoms with van der Waals surface area (Å²) >= 11 is 0. The Kier molecular flexibility index (Phi) is 5.86. The van der Waals surface area contributed by atoms with Crippen LogP contribution in [0.3, 0.4) is 0 Å². The molecule has 1 aliphatic rings. The van der Waals surface area contributed by atoms with Crippen LogP contribution in [0, 0.1) is 6.92 Å². The van der Waals surface area contributed by atoms with Crippen LogP contribution in [0.2, 0.25) is 0 Å². The lowest BCUT2D eigenvalue weighted by Gasteiger charge is -2.33. The second kappa shape index (κ2) is 8.49. The van der Waals surface area contributed by atoms with E-state index in [0.717, 1.165) is 44.2 Å². The van der Waals surface area contributed by atoms with Crippen molar-refractivity contribution >= 4 is 18.1 Å². The number of furan rings is 1. The Morgan fingerprint density at radius 1 is 1.04 bits per heavy atom. The van der Waals surface area contributed by atoms with Gasteiger partial charge in [-0.15, -0.1) is 0 Å². The van der Waals surface area contributed by atoms with Gasteiger partial charge in [0.1, 0.15) is 11.5 Å². The van der Waals surface area contributed by atoms with Crippen LogP contribution in [-0.2, 0) is 4.79 Å². The molecule has 1 aromatic carbocycles. The van der Waals surface area contributed by atoms with Crippen molar-refractivity contribution in [3.8, 4) is 0 Å².